The second kappa shape index (κ2) is 6.14. The number of hydrogen-bond donors (Lipinski definition) is 0. The number of nitrogens with zero attached hydrogens (tertiary/aromatic N) is 2. The van der Waals surface area contributed by atoms with Crippen molar-refractivity contribution in [3.63, 3.8) is 0 Å². The molecule has 0 aliphatic carbocycles. The summed E-state index contributed by atoms with van der Waals surface area (Å²) < 4.78 is 18.5. The molecule has 1 aliphatic heterocycles. The Morgan fingerprint density at radius 1 is 1.26 bits per heavy atom. The van der Waals surface area contributed by atoms with E-state index in [1.54, 1.807) is 12.1 Å². The zero-order chi connectivity index (χ0) is 16.6. The van der Waals surface area contributed by atoms with Gasteiger partial charge in [-0.1, -0.05) is 25.9 Å². The van der Waals surface area contributed by atoms with Gasteiger partial charge in [-0.2, -0.15) is 0 Å². The second-order valence-electron chi connectivity index (χ2n) is 6.48. The van der Waals surface area contributed by atoms with E-state index in [1.807, 2.05) is 11.8 Å². The summed E-state index contributed by atoms with van der Waals surface area (Å²) in [6.07, 6.45) is 0.667. The summed E-state index contributed by atoms with van der Waals surface area (Å²) in [4.78, 5) is 14.5. The van der Waals surface area contributed by atoms with Crippen molar-refractivity contribution in [1.82, 2.24) is 10.1 Å². The van der Waals surface area contributed by atoms with Crippen LogP contribution >= 0.6 is 0 Å². The Labute approximate surface area is 135 Å². The van der Waals surface area contributed by atoms with E-state index < -0.39 is 0 Å². The molecule has 5 heteroatoms. The first-order valence-corrected chi connectivity index (χ1v) is 7.99. The fraction of sp³-hybridized carbons (Fsp3) is 0.444. The quantitative estimate of drug-likeness (QED) is 0.868. The number of benzene rings is 1. The van der Waals surface area contributed by atoms with Gasteiger partial charge in [0.2, 0.25) is 5.91 Å². The van der Waals surface area contributed by atoms with Crippen LogP contribution in [-0.4, -0.2) is 22.5 Å². The maximum atomic E-state index is 13.1. The molecule has 1 amide bonds. The molecule has 1 aromatic heterocycles. The van der Waals surface area contributed by atoms with E-state index in [0.717, 1.165) is 16.9 Å². The van der Waals surface area contributed by atoms with Gasteiger partial charge < -0.3 is 9.42 Å². The molecule has 23 heavy (non-hydrogen) atoms. The van der Waals surface area contributed by atoms with Crippen LogP contribution in [0.3, 0.4) is 0 Å². The van der Waals surface area contributed by atoms with Crippen LogP contribution in [-0.2, 0) is 17.8 Å². The van der Waals surface area contributed by atoms with Crippen molar-refractivity contribution in [1.29, 1.82) is 0 Å². The Bertz CT molecular complexity index is 706. The van der Waals surface area contributed by atoms with Gasteiger partial charge >= 0.3 is 0 Å². The van der Waals surface area contributed by atoms with Gasteiger partial charge in [0.25, 0.3) is 0 Å². The molecule has 1 unspecified atom stereocenters. The zero-order valence-corrected chi connectivity index (χ0v) is 13.7. The average molecular weight is 316 g/mol. The molecule has 0 fully saturated rings. The highest BCUT2D eigenvalue weighted by Crippen LogP contribution is 2.31. The fourth-order valence-electron chi connectivity index (χ4n) is 2.80. The molecule has 3 rings (SSSR count). The van der Waals surface area contributed by atoms with Crippen molar-refractivity contribution in [3.05, 3.63) is 41.4 Å². The Kier molecular flexibility index (Phi) is 4.20. The third kappa shape index (κ3) is 3.00. The minimum Gasteiger partial charge on any atom is -0.360 e. The molecule has 0 N–H and O–H groups in total. The Morgan fingerprint density at radius 2 is 1.96 bits per heavy atom. The van der Waals surface area contributed by atoms with Gasteiger partial charge in [0.15, 0.2) is 0 Å². The lowest BCUT2D eigenvalue weighted by molar-refractivity contribution is -0.137. The molecule has 1 aromatic carbocycles. The number of halogens is 1. The van der Waals surface area contributed by atoms with Crippen LogP contribution in [0.25, 0.3) is 11.3 Å². The third-order valence-electron chi connectivity index (χ3n) is 4.65. The van der Waals surface area contributed by atoms with Crippen LogP contribution in [0.2, 0.25) is 0 Å². The summed E-state index contributed by atoms with van der Waals surface area (Å²) in [7, 11) is 0. The monoisotopic (exact) mass is 316 g/mol. The first-order chi connectivity index (χ1) is 11.0. The van der Waals surface area contributed by atoms with Crippen molar-refractivity contribution in [2.75, 3.05) is 6.54 Å². The van der Waals surface area contributed by atoms with Gasteiger partial charge in [0, 0.05) is 30.0 Å². The molecular formula is C18H21FN2O2. The number of carbonyl (C=O) groups is 1. The van der Waals surface area contributed by atoms with E-state index in [4.69, 9.17) is 4.52 Å². The Balaban J connectivity index is 1.87. The standard InChI is InChI=1S/C18H21FN2O2/c1-11(2)12(3)18(22)21-9-8-16-15(10-21)17(20-23-16)13-4-6-14(19)7-5-13/h4-7,11-12H,8-10H2,1-3H3. The van der Waals surface area contributed by atoms with Gasteiger partial charge in [-0.15, -0.1) is 0 Å². The Morgan fingerprint density at radius 3 is 2.61 bits per heavy atom. The molecule has 0 spiro atoms. The third-order valence-corrected chi connectivity index (χ3v) is 4.65. The minimum atomic E-state index is -0.284. The molecule has 1 aliphatic rings. The topological polar surface area (TPSA) is 46.3 Å². The predicted octanol–water partition coefficient (Wildman–Crippen LogP) is 3.66. The molecule has 0 saturated carbocycles. The van der Waals surface area contributed by atoms with Crippen LogP contribution < -0.4 is 0 Å². The lowest BCUT2D eigenvalue weighted by atomic mass is 9.94. The summed E-state index contributed by atoms with van der Waals surface area (Å²) in [6, 6.07) is 6.18. The van der Waals surface area contributed by atoms with E-state index in [9.17, 15) is 9.18 Å². The second-order valence-corrected chi connectivity index (χ2v) is 6.48. The summed E-state index contributed by atoms with van der Waals surface area (Å²) in [6.45, 7) is 7.24. The summed E-state index contributed by atoms with van der Waals surface area (Å²) in [5.74, 6) is 1.00. The Hall–Kier alpha value is -2.17. The highest BCUT2D eigenvalue weighted by molar-refractivity contribution is 5.79. The molecule has 0 bridgehead atoms. The molecule has 0 saturated heterocycles. The fourth-order valence-corrected chi connectivity index (χ4v) is 2.80. The van der Waals surface area contributed by atoms with Crippen LogP contribution in [0.5, 0.6) is 0 Å². The van der Waals surface area contributed by atoms with E-state index in [1.165, 1.54) is 12.1 Å². The number of hydrogen-bond acceptors (Lipinski definition) is 3. The molecular weight excluding hydrogens is 295 g/mol. The summed E-state index contributed by atoms with van der Waals surface area (Å²) in [5, 5.41) is 4.14. The smallest absolute Gasteiger partial charge is 0.225 e. The lowest BCUT2D eigenvalue weighted by Crippen LogP contribution is -2.40. The van der Waals surface area contributed by atoms with Crippen LogP contribution in [0.1, 0.15) is 32.1 Å². The van der Waals surface area contributed by atoms with E-state index in [0.29, 0.717) is 31.1 Å². The normalized spacial score (nSPS) is 15.6. The summed E-state index contributed by atoms with van der Waals surface area (Å²) >= 11 is 0. The molecule has 122 valence electrons. The van der Waals surface area contributed by atoms with E-state index >= 15 is 0 Å². The minimum absolute atomic E-state index is 0.00863. The molecule has 2 aromatic rings. The van der Waals surface area contributed by atoms with Crippen molar-refractivity contribution >= 4 is 5.91 Å². The number of rotatable bonds is 3. The van der Waals surface area contributed by atoms with Crippen LogP contribution in [0, 0.1) is 17.7 Å². The maximum Gasteiger partial charge on any atom is 0.225 e. The van der Waals surface area contributed by atoms with Crippen molar-refractivity contribution in [2.24, 2.45) is 11.8 Å². The average Bonchev–Trinajstić information content (AvgIpc) is 2.97. The number of aromatic nitrogens is 1. The lowest BCUT2D eigenvalue weighted by Gasteiger charge is -2.30. The van der Waals surface area contributed by atoms with Crippen LogP contribution in [0.4, 0.5) is 4.39 Å². The first-order valence-electron chi connectivity index (χ1n) is 7.99. The highest BCUT2D eigenvalue weighted by Gasteiger charge is 2.30. The zero-order valence-electron chi connectivity index (χ0n) is 13.7. The number of fused-ring (bicyclic) bond motifs is 1. The largest absolute Gasteiger partial charge is 0.360 e. The number of amides is 1. The summed E-state index contributed by atoms with van der Waals surface area (Å²) in [5.41, 5.74) is 2.45. The molecule has 4 nitrogen and oxygen atoms in total. The van der Waals surface area contributed by atoms with E-state index in [2.05, 4.69) is 19.0 Å². The van der Waals surface area contributed by atoms with Crippen molar-refractivity contribution in [2.45, 2.75) is 33.7 Å². The molecule has 0 radical (unpaired) electrons. The highest BCUT2D eigenvalue weighted by atomic mass is 19.1. The maximum absolute atomic E-state index is 13.1. The van der Waals surface area contributed by atoms with Crippen molar-refractivity contribution < 1.29 is 13.7 Å². The van der Waals surface area contributed by atoms with Gasteiger partial charge in [-0.25, -0.2) is 4.39 Å². The van der Waals surface area contributed by atoms with E-state index in [-0.39, 0.29) is 17.6 Å². The molecule has 1 atom stereocenters. The SMILES string of the molecule is CC(C)C(C)C(=O)N1CCc2onc(-c3ccc(F)cc3)c2C1. The van der Waals surface area contributed by atoms with Crippen molar-refractivity contribution in [3.8, 4) is 11.3 Å². The predicted molar refractivity (Wildman–Crippen MR) is 85.0 cm³/mol. The van der Waals surface area contributed by atoms with Crippen LogP contribution in [0.15, 0.2) is 28.8 Å². The van der Waals surface area contributed by atoms with Gasteiger partial charge in [-0.05, 0) is 30.2 Å². The molecule has 2 heterocycles. The van der Waals surface area contributed by atoms with Gasteiger partial charge in [0.1, 0.15) is 17.3 Å². The number of carbonyl (C=O) groups excluding carboxylic acids is 1. The van der Waals surface area contributed by atoms with Gasteiger partial charge in [0.05, 0.1) is 6.54 Å². The van der Waals surface area contributed by atoms with Gasteiger partial charge in [-0.3, -0.25) is 4.79 Å². The first kappa shape index (κ1) is 15.7.